The summed E-state index contributed by atoms with van der Waals surface area (Å²) in [5, 5.41) is -0.376. The second-order valence-electron chi connectivity index (χ2n) is 4.41. The third-order valence-electron chi connectivity index (χ3n) is 3.06. The van der Waals surface area contributed by atoms with E-state index in [1.807, 2.05) is 13.8 Å². The summed E-state index contributed by atoms with van der Waals surface area (Å²) in [6.45, 7) is 7.44. The normalized spacial score (nSPS) is 30.8. The SMILES string of the molecule is CCOC(=O)[C@H]1C(=O)[C@@H](C(=O)OCC)[C@@H](C)S[C@H]1C. The molecule has 1 rings (SSSR count). The Labute approximate surface area is 117 Å². The zero-order chi connectivity index (χ0) is 14.6. The van der Waals surface area contributed by atoms with Gasteiger partial charge in [0.2, 0.25) is 0 Å². The van der Waals surface area contributed by atoms with Crippen molar-refractivity contribution in [2.75, 3.05) is 13.2 Å². The van der Waals surface area contributed by atoms with Gasteiger partial charge in [-0.3, -0.25) is 14.4 Å². The highest BCUT2D eigenvalue weighted by Gasteiger charge is 2.48. The number of hydrogen-bond acceptors (Lipinski definition) is 6. The van der Waals surface area contributed by atoms with Gasteiger partial charge in [0.25, 0.3) is 0 Å². The molecule has 1 aliphatic rings. The lowest BCUT2D eigenvalue weighted by Crippen LogP contribution is -2.48. The molecule has 0 aromatic heterocycles. The van der Waals surface area contributed by atoms with Gasteiger partial charge in [-0.2, -0.15) is 11.8 Å². The highest BCUT2D eigenvalue weighted by Crippen LogP contribution is 2.38. The number of ether oxygens (including phenoxy) is 2. The molecule has 19 heavy (non-hydrogen) atoms. The second-order valence-corrected chi connectivity index (χ2v) is 6.17. The van der Waals surface area contributed by atoms with Crippen LogP contribution in [-0.2, 0) is 23.9 Å². The molecule has 0 aromatic carbocycles. The van der Waals surface area contributed by atoms with Crippen LogP contribution >= 0.6 is 11.8 Å². The van der Waals surface area contributed by atoms with Gasteiger partial charge in [-0.05, 0) is 13.8 Å². The van der Waals surface area contributed by atoms with Crippen LogP contribution in [0.3, 0.4) is 0 Å². The van der Waals surface area contributed by atoms with E-state index in [0.717, 1.165) is 0 Å². The minimum Gasteiger partial charge on any atom is -0.465 e. The number of rotatable bonds is 4. The van der Waals surface area contributed by atoms with E-state index in [4.69, 9.17) is 9.47 Å². The topological polar surface area (TPSA) is 69.7 Å². The number of carbonyl (C=O) groups is 3. The van der Waals surface area contributed by atoms with Gasteiger partial charge < -0.3 is 9.47 Å². The lowest BCUT2D eigenvalue weighted by molar-refractivity contribution is -0.157. The minimum atomic E-state index is -0.879. The lowest BCUT2D eigenvalue weighted by atomic mass is 9.87. The molecule has 0 saturated carbocycles. The molecule has 0 amide bonds. The summed E-state index contributed by atoms with van der Waals surface area (Å²) in [7, 11) is 0. The Bertz CT molecular complexity index is 336. The van der Waals surface area contributed by atoms with Crippen molar-refractivity contribution in [1.82, 2.24) is 0 Å². The van der Waals surface area contributed by atoms with Gasteiger partial charge in [0.1, 0.15) is 11.8 Å². The van der Waals surface area contributed by atoms with Crippen molar-refractivity contribution in [2.24, 2.45) is 11.8 Å². The molecule has 0 aliphatic carbocycles. The zero-order valence-electron chi connectivity index (χ0n) is 11.7. The third kappa shape index (κ3) is 3.49. The van der Waals surface area contributed by atoms with E-state index in [0.29, 0.717) is 0 Å². The summed E-state index contributed by atoms with van der Waals surface area (Å²) in [5.74, 6) is -3.23. The third-order valence-corrected chi connectivity index (χ3v) is 4.47. The van der Waals surface area contributed by atoms with Crippen molar-refractivity contribution in [3.63, 3.8) is 0 Å². The Morgan fingerprint density at radius 3 is 1.68 bits per heavy atom. The van der Waals surface area contributed by atoms with Crippen molar-refractivity contribution >= 4 is 29.5 Å². The summed E-state index contributed by atoms with van der Waals surface area (Å²) in [5.41, 5.74) is 0. The van der Waals surface area contributed by atoms with E-state index >= 15 is 0 Å². The maximum Gasteiger partial charge on any atom is 0.317 e. The molecule has 1 fully saturated rings. The standard InChI is InChI=1S/C13H20O5S/c1-5-17-12(15)9-7(3)19-8(4)10(11(9)14)13(16)18-6-2/h7-10H,5-6H2,1-4H3/t7-,8+,9+,10-. The number of Topliss-reactive ketones (excluding diaryl/α,β-unsaturated/α-hetero) is 1. The Morgan fingerprint density at radius 1 is 1.00 bits per heavy atom. The molecule has 0 radical (unpaired) electrons. The summed E-state index contributed by atoms with van der Waals surface area (Å²) >= 11 is 1.45. The predicted molar refractivity (Wildman–Crippen MR) is 71.8 cm³/mol. The lowest BCUT2D eigenvalue weighted by Gasteiger charge is -2.34. The minimum absolute atomic E-state index is 0.188. The van der Waals surface area contributed by atoms with Gasteiger partial charge in [0, 0.05) is 10.5 Å². The van der Waals surface area contributed by atoms with E-state index < -0.39 is 23.8 Å². The average Bonchev–Trinajstić information content (AvgIpc) is 2.28. The van der Waals surface area contributed by atoms with Crippen LogP contribution in [0, 0.1) is 11.8 Å². The predicted octanol–water partition coefficient (Wildman–Crippen LogP) is 1.44. The Hall–Kier alpha value is -1.04. The van der Waals surface area contributed by atoms with Crippen LogP contribution in [0.4, 0.5) is 0 Å². The van der Waals surface area contributed by atoms with E-state index in [1.165, 1.54) is 11.8 Å². The van der Waals surface area contributed by atoms with E-state index in [-0.39, 0.29) is 29.5 Å². The first-order valence-corrected chi connectivity index (χ1v) is 7.40. The Morgan fingerprint density at radius 2 is 1.37 bits per heavy atom. The molecule has 0 bridgehead atoms. The van der Waals surface area contributed by atoms with Crippen LogP contribution in [0.2, 0.25) is 0 Å². The molecule has 1 aliphatic heterocycles. The molecule has 6 heteroatoms. The molecule has 108 valence electrons. The molecule has 0 aromatic rings. The molecule has 4 atom stereocenters. The number of carbonyl (C=O) groups excluding carboxylic acids is 3. The van der Waals surface area contributed by atoms with Gasteiger partial charge in [-0.25, -0.2) is 0 Å². The first-order chi connectivity index (χ1) is 8.93. The van der Waals surface area contributed by atoms with Gasteiger partial charge in [0.05, 0.1) is 13.2 Å². The first-order valence-electron chi connectivity index (χ1n) is 6.46. The second kappa shape index (κ2) is 6.93. The maximum absolute atomic E-state index is 12.4. The summed E-state index contributed by atoms with van der Waals surface area (Å²) < 4.78 is 9.84. The van der Waals surface area contributed by atoms with Crippen molar-refractivity contribution in [3.8, 4) is 0 Å². The number of hydrogen-bond donors (Lipinski definition) is 0. The molecule has 1 saturated heterocycles. The smallest absolute Gasteiger partial charge is 0.317 e. The number of esters is 2. The Balaban J connectivity index is 2.92. The largest absolute Gasteiger partial charge is 0.465 e. The molecule has 0 N–H and O–H groups in total. The number of thioether (sulfide) groups is 1. The number of ketones is 1. The van der Waals surface area contributed by atoms with E-state index in [1.54, 1.807) is 13.8 Å². The van der Waals surface area contributed by atoms with Crippen LogP contribution in [-0.4, -0.2) is 41.4 Å². The molecular formula is C13H20O5S. The van der Waals surface area contributed by atoms with Gasteiger partial charge in [-0.15, -0.1) is 0 Å². The van der Waals surface area contributed by atoms with Crippen molar-refractivity contribution in [3.05, 3.63) is 0 Å². The van der Waals surface area contributed by atoms with Crippen LogP contribution in [0.25, 0.3) is 0 Å². The first kappa shape index (κ1) is 16.0. The van der Waals surface area contributed by atoms with E-state index in [2.05, 4.69) is 0 Å². The van der Waals surface area contributed by atoms with Crippen LogP contribution in [0.1, 0.15) is 27.7 Å². The van der Waals surface area contributed by atoms with Crippen molar-refractivity contribution in [1.29, 1.82) is 0 Å². The Kier molecular flexibility index (Phi) is 5.85. The van der Waals surface area contributed by atoms with Crippen LogP contribution in [0.5, 0.6) is 0 Å². The maximum atomic E-state index is 12.4. The van der Waals surface area contributed by atoms with E-state index in [9.17, 15) is 14.4 Å². The summed E-state index contributed by atoms with van der Waals surface area (Å²) in [4.78, 5) is 36.1. The quantitative estimate of drug-likeness (QED) is 0.576. The summed E-state index contributed by atoms with van der Waals surface area (Å²) in [6.07, 6.45) is 0. The molecule has 1 heterocycles. The molecular weight excluding hydrogens is 268 g/mol. The fraction of sp³-hybridized carbons (Fsp3) is 0.769. The van der Waals surface area contributed by atoms with Crippen molar-refractivity contribution in [2.45, 2.75) is 38.2 Å². The fourth-order valence-corrected chi connectivity index (χ4v) is 3.71. The van der Waals surface area contributed by atoms with Gasteiger partial charge in [0.15, 0.2) is 5.78 Å². The van der Waals surface area contributed by atoms with Gasteiger partial charge >= 0.3 is 11.9 Å². The van der Waals surface area contributed by atoms with Crippen LogP contribution in [0.15, 0.2) is 0 Å². The fourth-order valence-electron chi connectivity index (χ4n) is 2.23. The summed E-state index contributed by atoms with van der Waals surface area (Å²) in [6, 6.07) is 0. The highest BCUT2D eigenvalue weighted by molar-refractivity contribution is 8.00. The van der Waals surface area contributed by atoms with Crippen molar-refractivity contribution < 1.29 is 23.9 Å². The average molecular weight is 288 g/mol. The molecule has 0 unspecified atom stereocenters. The molecule has 0 spiro atoms. The highest BCUT2D eigenvalue weighted by atomic mass is 32.2. The molecule has 5 nitrogen and oxygen atoms in total. The van der Waals surface area contributed by atoms with Gasteiger partial charge in [-0.1, -0.05) is 13.8 Å². The zero-order valence-corrected chi connectivity index (χ0v) is 12.5. The van der Waals surface area contributed by atoms with Crippen LogP contribution < -0.4 is 0 Å². The monoisotopic (exact) mass is 288 g/mol.